The van der Waals surface area contributed by atoms with Crippen LogP contribution in [-0.2, 0) is 6.42 Å². The molecule has 4 nitrogen and oxygen atoms in total. The molecular weight excluding hydrogens is 264 g/mol. The molecule has 2 rings (SSSR count). The average Bonchev–Trinajstić information content (AvgIpc) is 3.01. The number of methoxy groups -OCH3 is 1. The number of hydrogen-bond acceptors (Lipinski definition) is 4. The highest BCUT2D eigenvalue weighted by Gasteiger charge is 2.12. The molecule has 1 aliphatic rings. The topological polar surface area (TPSA) is 47.7 Å². The van der Waals surface area contributed by atoms with Gasteiger partial charge in [-0.3, -0.25) is 4.90 Å². The van der Waals surface area contributed by atoms with Crippen molar-refractivity contribution < 1.29 is 9.47 Å². The fourth-order valence-corrected chi connectivity index (χ4v) is 2.70. The lowest BCUT2D eigenvalue weighted by atomic mass is 10.0. The molecule has 118 valence electrons. The number of hydrogen-bond donors (Lipinski definition) is 1. The minimum Gasteiger partial charge on any atom is -0.493 e. The van der Waals surface area contributed by atoms with Crippen molar-refractivity contribution in [3.05, 3.63) is 23.8 Å². The van der Waals surface area contributed by atoms with E-state index in [0.717, 1.165) is 30.9 Å². The monoisotopic (exact) mass is 292 g/mol. The van der Waals surface area contributed by atoms with Crippen LogP contribution in [0, 0.1) is 0 Å². The number of rotatable bonds is 8. The van der Waals surface area contributed by atoms with Gasteiger partial charge >= 0.3 is 0 Å². The zero-order valence-electron chi connectivity index (χ0n) is 13.3. The molecule has 1 aliphatic heterocycles. The molecular formula is C17H28N2O2. The second kappa shape index (κ2) is 8.25. The van der Waals surface area contributed by atoms with Gasteiger partial charge in [0.2, 0.25) is 0 Å². The molecule has 1 saturated heterocycles. The van der Waals surface area contributed by atoms with E-state index in [0.29, 0.717) is 6.61 Å². The summed E-state index contributed by atoms with van der Waals surface area (Å²) in [6.45, 7) is 6.21. The Kier molecular flexibility index (Phi) is 6.33. The quantitative estimate of drug-likeness (QED) is 0.799. The van der Waals surface area contributed by atoms with Gasteiger partial charge in [0.15, 0.2) is 11.5 Å². The van der Waals surface area contributed by atoms with Crippen molar-refractivity contribution in [1.29, 1.82) is 0 Å². The highest BCUT2D eigenvalue weighted by atomic mass is 16.5. The zero-order valence-corrected chi connectivity index (χ0v) is 13.3. The predicted octanol–water partition coefficient (Wildman–Crippen LogP) is 2.45. The molecule has 4 heteroatoms. The minimum atomic E-state index is 0.204. The van der Waals surface area contributed by atoms with E-state index in [4.69, 9.17) is 15.2 Å². The van der Waals surface area contributed by atoms with Gasteiger partial charge in [0.05, 0.1) is 7.11 Å². The molecule has 0 aromatic heterocycles. The second-order valence-corrected chi connectivity index (χ2v) is 5.75. The van der Waals surface area contributed by atoms with Crippen molar-refractivity contribution in [2.75, 3.05) is 33.4 Å². The van der Waals surface area contributed by atoms with Gasteiger partial charge in [-0.05, 0) is 56.5 Å². The summed E-state index contributed by atoms with van der Waals surface area (Å²) in [6, 6.07) is 6.32. The average molecular weight is 292 g/mol. The van der Waals surface area contributed by atoms with Gasteiger partial charge in [0.25, 0.3) is 0 Å². The Balaban J connectivity index is 1.92. The largest absolute Gasteiger partial charge is 0.493 e. The molecule has 1 unspecified atom stereocenters. The summed E-state index contributed by atoms with van der Waals surface area (Å²) in [7, 11) is 1.68. The van der Waals surface area contributed by atoms with E-state index in [-0.39, 0.29) is 6.04 Å². The standard InChI is InChI=1S/C17H28N2O2/c1-3-15(18)12-14-6-7-16(20-2)17(13-14)21-11-10-19-8-4-5-9-19/h6-7,13,15H,3-5,8-12,18H2,1-2H3. The fourth-order valence-electron chi connectivity index (χ4n) is 2.70. The van der Waals surface area contributed by atoms with Crippen molar-refractivity contribution in [1.82, 2.24) is 4.90 Å². The van der Waals surface area contributed by atoms with Gasteiger partial charge in [-0.15, -0.1) is 0 Å². The molecule has 2 N–H and O–H groups in total. The Morgan fingerprint density at radius 2 is 2.00 bits per heavy atom. The van der Waals surface area contributed by atoms with E-state index in [9.17, 15) is 0 Å². The highest BCUT2D eigenvalue weighted by molar-refractivity contribution is 5.43. The summed E-state index contributed by atoms with van der Waals surface area (Å²) >= 11 is 0. The first-order chi connectivity index (χ1) is 10.2. The first-order valence-corrected chi connectivity index (χ1v) is 8.00. The maximum Gasteiger partial charge on any atom is 0.161 e. The van der Waals surface area contributed by atoms with E-state index in [2.05, 4.69) is 24.0 Å². The van der Waals surface area contributed by atoms with Gasteiger partial charge in [-0.2, -0.15) is 0 Å². The van der Waals surface area contributed by atoms with E-state index in [1.807, 2.05) is 6.07 Å². The first-order valence-electron chi connectivity index (χ1n) is 8.00. The number of nitrogens with two attached hydrogens (primary N) is 1. The van der Waals surface area contributed by atoms with Crippen LogP contribution in [0.25, 0.3) is 0 Å². The van der Waals surface area contributed by atoms with Gasteiger partial charge in [0, 0.05) is 12.6 Å². The van der Waals surface area contributed by atoms with Crippen LogP contribution in [0.1, 0.15) is 31.7 Å². The number of nitrogens with zero attached hydrogens (tertiary/aromatic N) is 1. The summed E-state index contributed by atoms with van der Waals surface area (Å²) in [5.41, 5.74) is 7.24. The van der Waals surface area contributed by atoms with E-state index in [1.54, 1.807) is 7.11 Å². The highest BCUT2D eigenvalue weighted by Crippen LogP contribution is 2.28. The van der Waals surface area contributed by atoms with Crippen LogP contribution >= 0.6 is 0 Å². The lowest BCUT2D eigenvalue weighted by Gasteiger charge is -2.17. The third kappa shape index (κ3) is 4.90. The molecule has 1 heterocycles. The van der Waals surface area contributed by atoms with Crippen LogP contribution in [-0.4, -0.2) is 44.3 Å². The summed E-state index contributed by atoms with van der Waals surface area (Å²) in [4.78, 5) is 2.45. The summed E-state index contributed by atoms with van der Waals surface area (Å²) < 4.78 is 11.3. The van der Waals surface area contributed by atoms with Crippen molar-refractivity contribution in [3.8, 4) is 11.5 Å². The lowest BCUT2D eigenvalue weighted by Crippen LogP contribution is -2.25. The van der Waals surface area contributed by atoms with Crippen LogP contribution in [0.5, 0.6) is 11.5 Å². The number of benzene rings is 1. The van der Waals surface area contributed by atoms with Crippen LogP contribution in [0.4, 0.5) is 0 Å². The van der Waals surface area contributed by atoms with Gasteiger partial charge in [-0.25, -0.2) is 0 Å². The molecule has 1 fully saturated rings. The van der Waals surface area contributed by atoms with Crippen molar-refractivity contribution in [2.24, 2.45) is 5.73 Å². The molecule has 21 heavy (non-hydrogen) atoms. The van der Waals surface area contributed by atoms with Crippen molar-refractivity contribution >= 4 is 0 Å². The molecule has 0 radical (unpaired) electrons. The molecule has 0 spiro atoms. The zero-order chi connectivity index (χ0) is 15.1. The summed E-state index contributed by atoms with van der Waals surface area (Å²) in [5, 5.41) is 0. The fraction of sp³-hybridized carbons (Fsp3) is 0.647. The summed E-state index contributed by atoms with van der Waals surface area (Å²) in [5.74, 6) is 1.63. The van der Waals surface area contributed by atoms with Crippen LogP contribution in [0.2, 0.25) is 0 Å². The molecule has 1 atom stereocenters. The molecule has 0 bridgehead atoms. The third-order valence-electron chi connectivity index (χ3n) is 4.11. The minimum absolute atomic E-state index is 0.204. The third-order valence-corrected chi connectivity index (χ3v) is 4.11. The van der Waals surface area contributed by atoms with E-state index < -0.39 is 0 Å². The normalized spacial score (nSPS) is 16.9. The lowest BCUT2D eigenvalue weighted by molar-refractivity contribution is 0.230. The second-order valence-electron chi connectivity index (χ2n) is 5.75. The van der Waals surface area contributed by atoms with Gasteiger partial charge in [-0.1, -0.05) is 13.0 Å². The maximum atomic E-state index is 6.03. The molecule has 0 aliphatic carbocycles. The SMILES string of the molecule is CCC(N)Cc1ccc(OC)c(OCCN2CCCC2)c1. The predicted molar refractivity (Wildman–Crippen MR) is 86.1 cm³/mol. The molecule has 0 amide bonds. The van der Waals surface area contributed by atoms with Crippen molar-refractivity contribution in [2.45, 2.75) is 38.6 Å². The summed E-state index contributed by atoms with van der Waals surface area (Å²) in [6.07, 6.45) is 4.49. The Labute approximate surface area is 128 Å². The number of ether oxygens (including phenoxy) is 2. The Hall–Kier alpha value is -1.26. The van der Waals surface area contributed by atoms with Gasteiger partial charge < -0.3 is 15.2 Å². The first kappa shape index (κ1) is 16.1. The van der Waals surface area contributed by atoms with E-state index >= 15 is 0 Å². The molecule has 1 aromatic rings. The van der Waals surface area contributed by atoms with E-state index in [1.165, 1.54) is 31.5 Å². The molecule has 1 aromatic carbocycles. The van der Waals surface area contributed by atoms with Crippen molar-refractivity contribution in [3.63, 3.8) is 0 Å². The van der Waals surface area contributed by atoms with Crippen LogP contribution in [0.15, 0.2) is 18.2 Å². The Morgan fingerprint density at radius 1 is 1.24 bits per heavy atom. The van der Waals surface area contributed by atoms with Gasteiger partial charge in [0.1, 0.15) is 6.61 Å². The number of likely N-dealkylation sites (tertiary alicyclic amines) is 1. The Bertz CT molecular complexity index is 431. The Morgan fingerprint density at radius 3 is 2.67 bits per heavy atom. The van der Waals surface area contributed by atoms with Crippen LogP contribution < -0.4 is 15.2 Å². The van der Waals surface area contributed by atoms with Crippen LogP contribution in [0.3, 0.4) is 0 Å². The smallest absolute Gasteiger partial charge is 0.161 e. The maximum absolute atomic E-state index is 6.03. The molecule has 0 saturated carbocycles.